The Labute approximate surface area is 126 Å². The second-order valence-corrected chi connectivity index (χ2v) is 6.12. The molecule has 0 aromatic heterocycles. The fourth-order valence-electron chi connectivity index (χ4n) is 2.85. The highest BCUT2D eigenvalue weighted by atomic mass is 16.6. The van der Waals surface area contributed by atoms with Crippen molar-refractivity contribution in [1.29, 1.82) is 0 Å². The minimum Gasteiger partial charge on any atom is -0.366 e. The van der Waals surface area contributed by atoms with E-state index in [1.807, 2.05) is 39.0 Å². The summed E-state index contributed by atoms with van der Waals surface area (Å²) in [6.45, 7) is 5.87. The summed E-state index contributed by atoms with van der Waals surface area (Å²) in [7, 11) is 0. The van der Waals surface area contributed by atoms with E-state index in [-0.39, 0.29) is 18.2 Å². The zero-order valence-corrected chi connectivity index (χ0v) is 13.0. The van der Waals surface area contributed by atoms with E-state index in [9.17, 15) is 9.90 Å². The van der Waals surface area contributed by atoms with Crippen molar-refractivity contribution < 1.29 is 14.6 Å². The first-order valence-electron chi connectivity index (χ1n) is 7.67. The first-order chi connectivity index (χ1) is 9.99. The van der Waals surface area contributed by atoms with Crippen molar-refractivity contribution in [2.24, 2.45) is 5.92 Å². The van der Waals surface area contributed by atoms with Gasteiger partial charge in [0.25, 0.3) is 0 Å². The lowest BCUT2D eigenvalue weighted by atomic mass is 10.0. The summed E-state index contributed by atoms with van der Waals surface area (Å²) in [4.78, 5) is 14.1. The Hall–Kier alpha value is -1.39. The molecule has 1 aliphatic heterocycles. The number of nitrogens with zero attached hydrogens (tertiary/aromatic N) is 1. The molecule has 1 fully saturated rings. The standard InChI is InChI=1S/C17H25NO3/c1-12(2)11-16(19)18-13(3)21-17(20)15(18)10-9-14-7-5-4-6-8-14/h4-8,12-13,15,17,20H,9-11H2,1-3H3/t13-,15-,17+/m0/s1. The van der Waals surface area contributed by atoms with Crippen LogP contribution in [0.2, 0.25) is 0 Å². The molecule has 4 heteroatoms. The molecule has 3 atom stereocenters. The molecule has 0 bridgehead atoms. The third kappa shape index (κ3) is 4.05. The molecule has 0 aliphatic carbocycles. The quantitative estimate of drug-likeness (QED) is 0.907. The number of amides is 1. The normalized spacial score (nSPS) is 25.6. The number of hydrogen-bond donors (Lipinski definition) is 1. The molecule has 1 aromatic rings. The summed E-state index contributed by atoms with van der Waals surface area (Å²) in [6, 6.07) is 9.85. The molecule has 2 rings (SSSR count). The van der Waals surface area contributed by atoms with Gasteiger partial charge in [0.1, 0.15) is 6.23 Å². The Kier molecular flexibility index (Phi) is 5.37. The lowest BCUT2D eigenvalue weighted by molar-refractivity contribution is -0.138. The Bertz CT molecular complexity index is 460. The zero-order chi connectivity index (χ0) is 15.4. The highest BCUT2D eigenvalue weighted by Gasteiger charge is 2.41. The molecule has 0 unspecified atom stereocenters. The number of benzene rings is 1. The molecule has 1 aliphatic rings. The van der Waals surface area contributed by atoms with Crippen LogP contribution < -0.4 is 0 Å². The highest BCUT2D eigenvalue weighted by molar-refractivity contribution is 5.77. The van der Waals surface area contributed by atoms with Crippen molar-refractivity contribution in [1.82, 2.24) is 4.90 Å². The van der Waals surface area contributed by atoms with Crippen molar-refractivity contribution in [3.63, 3.8) is 0 Å². The van der Waals surface area contributed by atoms with Crippen LogP contribution in [-0.2, 0) is 16.0 Å². The summed E-state index contributed by atoms with van der Waals surface area (Å²) in [5.74, 6) is 0.365. The van der Waals surface area contributed by atoms with Gasteiger partial charge in [-0.25, -0.2) is 0 Å². The van der Waals surface area contributed by atoms with Crippen LogP contribution in [0.3, 0.4) is 0 Å². The van der Waals surface area contributed by atoms with E-state index >= 15 is 0 Å². The van der Waals surface area contributed by atoms with Crippen LogP contribution in [0.4, 0.5) is 0 Å². The number of ether oxygens (including phenoxy) is 1. The van der Waals surface area contributed by atoms with E-state index in [0.717, 1.165) is 6.42 Å². The minimum absolute atomic E-state index is 0.0621. The van der Waals surface area contributed by atoms with Gasteiger partial charge < -0.3 is 14.7 Å². The van der Waals surface area contributed by atoms with Crippen LogP contribution in [0.5, 0.6) is 0 Å². The molecule has 0 spiro atoms. The predicted octanol–water partition coefficient (Wildman–Crippen LogP) is 2.56. The van der Waals surface area contributed by atoms with Gasteiger partial charge in [-0.05, 0) is 31.2 Å². The van der Waals surface area contributed by atoms with Gasteiger partial charge in [0.2, 0.25) is 5.91 Å². The van der Waals surface area contributed by atoms with E-state index in [1.165, 1.54) is 5.56 Å². The molecule has 1 aromatic carbocycles. The molecule has 1 saturated heterocycles. The number of aryl methyl sites for hydroxylation is 1. The van der Waals surface area contributed by atoms with E-state index in [0.29, 0.717) is 18.8 Å². The van der Waals surface area contributed by atoms with Crippen LogP contribution in [0.25, 0.3) is 0 Å². The summed E-state index contributed by atoms with van der Waals surface area (Å²) >= 11 is 0. The lowest BCUT2D eigenvalue weighted by Crippen LogP contribution is -2.43. The SMILES string of the molecule is CC(C)CC(=O)N1[C@H](C)O[C@@H](O)[C@@H]1CCc1ccccc1. The fourth-order valence-corrected chi connectivity index (χ4v) is 2.85. The number of carbonyl (C=O) groups is 1. The Morgan fingerprint density at radius 3 is 2.62 bits per heavy atom. The van der Waals surface area contributed by atoms with Crippen molar-refractivity contribution in [2.75, 3.05) is 0 Å². The predicted molar refractivity (Wildman–Crippen MR) is 81.4 cm³/mol. The Balaban J connectivity index is 2.02. The molecule has 1 N–H and O–H groups in total. The minimum atomic E-state index is -0.889. The molecular weight excluding hydrogens is 266 g/mol. The molecule has 1 heterocycles. The first kappa shape index (κ1) is 16.0. The van der Waals surface area contributed by atoms with Crippen LogP contribution >= 0.6 is 0 Å². The lowest BCUT2D eigenvalue weighted by Gasteiger charge is -2.27. The molecular formula is C17H25NO3. The topological polar surface area (TPSA) is 49.8 Å². The number of hydrogen-bond acceptors (Lipinski definition) is 3. The fraction of sp³-hybridized carbons (Fsp3) is 0.588. The average Bonchev–Trinajstić information content (AvgIpc) is 2.71. The van der Waals surface area contributed by atoms with Crippen molar-refractivity contribution in [3.8, 4) is 0 Å². The second kappa shape index (κ2) is 7.05. The molecule has 116 valence electrons. The van der Waals surface area contributed by atoms with Crippen LogP contribution in [0.15, 0.2) is 30.3 Å². The number of rotatable bonds is 5. The third-order valence-electron chi connectivity index (χ3n) is 3.86. The van der Waals surface area contributed by atoms with Gasteiger partial charge in [-0.3, -0.25) is 4.79 Å². The Morgan fingerprint density at radius 2 is 2.00 bits per heavy atom. The zero-order valence-electron chi connectivity index (χ0n) is 13.0. The Morgan fingerprint density at radius 1 is 1.33 bits per heavy atom. The third-order valence-corrected chi connectivity index (χ3v) is 3.86. The maximum Gasteiger partial charge on any atom is 0.225 e. The molecule has 21 heavy (non-hydrogen) atoms. The van der Waals surface area contributed by atoms with Gasteiger partial charge in [0.15, 0.2) is 6.29 Å². The second-order valence-electron chi connectivity index (χ2n) is 6.12. The van der Waals surface area contributed by atoms with Crippen LogP contribution in [0.1, 0.15) is 39.2 Å². The van der Waals surface area contributed by atoms with Gasteiger partial charge in [-0.2, -0.15) is 0 Å². The molecule has 0 radical (unpaired) electrons. The van der Waals surface area contributed by atoms with Crippen LogP contribution in [0, 0.1) is 5.92 Å². The van der Waals surface area contributed by atoms with Gasteiger partial charge in [0.05, 0.1) is 6.04 Å². The van der Waals surface area contributed by atoms with Crippen molar-refractivity contribution >= 4 is 5.91 Å². The summed E-state index contributed by atoms with van der Waals surface area (Å²) in [6.07, 6.45) is 0.776. The van der Waals surface area contributed by atoms with E-state index in [2.05, 4.69) is 12.1 Å². The van der Waals surface area contributed by atoms with Crippen molar-refractivity contribution in [2.45, 2.75) is 58.6 Å². The monoisotopic (exact) mass is 291 g/mol. The first-order valence-corrected chi connectivity index (χ1v) is 7.67. The summed E-state index contributed by atoms with van der Waals surface area (Å²) in [5.41, 5.74) is 1.21. The van der Waals surface area contributed by atoms with Gasteiger partial charge >= 0.3 is 0 Å². The van der Waals surface area contributed by atoms with Gasteiger partial charge in [-0.15, -0.1) is 0 Å². The van der Waals surface area contributed by atoms with E-state index in [4.69, 9.17) is 4.74 Å². The number of carbonyl (C=O) groups excluding carboxylic acids is 1. The number of aliphatic hydroxyl groups is 1. The van der Waals surface area contributed by atoms with Gasteiger partial charge in [0, 0.05) is 6.42 Å². The summed E-state index contributed by atoms with van der Waals surface area (Å²) in [5, 5.41) is 10.1. The maximum absolute atomic E-state index is 12.4. The molecule has 1 amide bonds. The average molecular weight is 291 g/mol. The van der Waals surface area contributed by atoms with E-state index < -0.39 is 6.29 Å². The maximum atomic E-state index is 12.4. The molecule has 4 nitrogen and oxygen atoms in total. The number of aliphatic hydroxyl groups excluding tert-OH is 1. The summed E-state index contributed by atoms with van der Waals surface area (Å²) < 4.78 is 5.44. The highest BCUT2D eigenvalue weighted by Crippen LogP contribution is 2.27. The van der Waals surface area contributed by atoms with E-state index in [1.54, 1.807) is 4.90 Å². The van der Waals surface area contributed by atoms with Gasteiger partial charge in [-0.1, -0.05) is 44.2 Å². The van der Waals surface area contributed by atoms with Crippen LogP contribution in [-0.4, -0.2) is 34.5 Å². The van der Waals surface area contributed by atoms with Crippen molar-refractivity contribution in [3.05, 3.63) is 35.9 Å². The largest absolute Gasteiger partial charge is 0.366 e. The molecule has 0 saturated carbocycles. The smallest absolute Gasteiger partial charge is 0.225 e.